The molecule has 1 nitrogen and oxygen atoms in total. The largest absolute Gasteiger partial charge is 0.466 e. The summed E-state index contributed by atoms with van der Waals surface area (Å²) in [6.45, 7) is 10.6. The first-order valence-corrected chi connectivity index (χ1v) is 3.13. The Balaban J connectivity index is 4.60. The second-order valence-electron chi connectivity index (χ2n) is 3.44. The summed E-state index contributed by atoms with van der Waals surface area (Å²) in [6, 6.07) is -1.89. The first kappa shape index (κ1) is 10.3. The topological polar surface area (TPSA) is 4.36 Å². The minimum absolute atomic E-state index is 1.03. The van der Waals surface area contributed by atoms with Gasteiger partial charge in [-0.05, 0) is 0 Å². The molecule has 0 aliphatic carbocycles. The highest BCUT2D eigenvalue weighted by Gasteiger charge is 2.53. The first-order valence-electron chi connectivity index (χ1n) is 3.13. The third-order valence-electron chi connectivity index (χ3n) is 1.26. The fourth-order valence-electron chi connectivity index (χ4n) is 0.758. The van der Waals surface area contributed by atoms with Gasteiger partial charge in [-0.25, -0.2) is 6.57 Å². The van der Waals surface area contributed by atoms with Crippen LogP contribution in [0.15, 0.2) is 0 Å². The van der Waals surface area contributed by atoms with Crippen LogP contribution in [0.3, 0.4) is 0 Å². The van der Waals surface area contributed by atoms with Crippen LogP contribution in [-0.4, -0.2) is 12.2 Å². The van der Waals surface area contributed by atoms with E-state index in [2.05, 4.69) is 4.85 Å². The lowest BCUT2D eigenvalue weighted by molar-refractivity contribution is -0.157. The van der Waals surface area contributed by atoms with Crippen LogP contribution in [0.4, 0.5) is 13.2 Å². The monoisotopic (exact) mass is 165 g/mol. The third kappa shape index (κ3) is 2.79. The number of halogens is 3. The molecule has 64 valence electrons. The summed E-state index contributed by atoms with van der Waals surface area (Å²) in [6.07, 6.45) is -4.40. The molecule has 0 spiro atoms. The van der Waals surface area contributed by atoms with E-state index in [0.717, 1.165) is 0 Å². The second kappa shape index (κ2) is 2.72. The minimum Gasteiger partial charge on any atom is -0.303 e. The Morgan fingerprint density at radius 2 is 1.55 bits per heavy atom. The van der Waals surface area contributed by atoms with E-state index < -0.39 is 17.6 Å². The van der Waals surface area contributed by atoms with Crippen LogP contribution < -0.4 is 0 Å². The maximum Gasteiger partial charge on any atom is 0.466 e. The zero-order valence-corrected chi connectivity index (χ0v) is 6.66. The van der Waals surface area contributed by atoms with Gasteiger partial charge >= 0.3 is 12.2 Å². The molecule has 0 aliphatic heterocycles. The molecule has 0 aliphatic rings. The maximum absolute atomic E-state index is 12.0. The normalized spacial score (nSPS) is 15.7. The van der Waals surface area contributed by atoms with Gasteiger partial charge in [-0.2, -0.15) is 13.2 Å². The summed E-state index contributed by atoms with van der Waals surface area (Å²) < 4.78 is 36.0. The van der Waals surface area contributed by atoms with Crippen LogP contribution in [0, 0.1) is 12.0 Å². The van der Waals surface area contributed by atoms with Crippen molar-refractivity contribution in [1.82, 2.24) is 0 Å². The Hall–Kier alpha value is -0.720. The Kier molecular flexibility index (Phi) is 2.55. The fourth-order valence-corrected chi connectivity index (χ4v) is 0.758. The lowest BCUT2D eigenvalue weighted by atomic mass is 9.87. The average Bonchev–Trinajstić information content (AvgIpc) is 1.56. The average molecular weight is 165 g/mol. The van der Waals surface area contributed by atoms with Crippen LogP contribution in [-0.2, 0) is 0 Å². The standard InChI is InChI=1S/C7H10F3N/c1-6(2,3)5(11-4)7(8,9)10/h5H,1-3H3. The quantitative estimate of drug-likeness (QED) is 0.486. The van der Waals surface area contributed by atoms with Crippen molar-refractivity contribution in [1.29, 1.82) is 0 Å². The Labute approximate surface area is 64.0 Å². The zero-order valence-electron chi connectivity index (χ0n) is 6.66. The molecule has 4 heteroatoms. The molecule has 0 amide bonds. The molecule has 0 bridgehead atoms. The number of hydrogen-bond donors (Lipinski definition) is 0. The molecule has 11 heavy (non-hydrogen) atoms. The van der Waals surface area contributed by atoms with E-state index in [1.165, 1.54) is 20.8 Å². The highest BCUT2D eigenvalue weighted by atomic mass is 19.4. The van der Waals surface area contributed by atoms with Crippen LogP contribution in [0.1, 0.15) is 20.8 Å². The highest BCUT2D eigenvalue weighted by molar-refractivity contribution is 4.94. The van der Waals surface area contributed by atoms with Gasteiger partial charge in [0.1, 0.15) is 0 Å². The van der Waals surface area contributed by atoms with Crippen molar-refractivity contribution >= 4 is 0 Å². The minimum atomic E-state index is -4.40. The predicted molar refractivity (Wildman–Crippen MR) is 35.9 cm³/mol. The molecule has 0 aromatic carbocycles. The van der Waals surface area contributed by atoms with Crippen molar-refractivity contribution in [3.8, 4) is 0 Å². The molecule has 0 heterocycles. The van der Waals surface area contributed by atoms with Gasteiger partial charge in [0.25, 0.3) is 0 Å². The van der Waals surface area contributed by atoms with E-state index in [0.29, 0.717) is 0 Å². The van der Waals surface area contributed by atoms with Gasteiger partial charge in [0.2, 0.25) is 0 Å². The van der Waals surface area contributed by atoms with E-state index in [-0.39, 0.29) is 0 Å². The predicted octanol–water partition coefficient (Wildman–Crippen LogP) is 2.88. The molecule has 0 aromatic heterocycles. The molecule has 0 N–H and O–H groups in total. The van der Waals surface area contributed by atoms with Gasteiger partial charge in [0.15, 0.2) is 0 Å². The highest BCUT2D eigenvalue weighted by Crippen LogP contribution is 2.35. The summed E-state index contributed by atoms with van der Waals surface area (Å²) in [4.78, 5) is 2.56. The molecule has 0 saturated carbocycles. The van der Waals surface area contributed by atoms with Gasteiger partial charge in [0.05, 0.1) is 0 Å². The Morgan fingerprint density at radius 1 is 1.18 bits per heavy atom. The number of hydrogen-bond acceptors (Lipinski definition) is 0. The van der Waals surface area contributed by atoms with Crippen molar-refractivity contribution in [2.24, 2.45) is 5.41 Å². The van der Waals surface area contributed by atoms with E-state index in [1.54, 1.807) is 0 Å². The van der Waals surface area contributed by atoms with Crippen LogP contribution in [0.5, 0.6) is 0 Å². The lowest BCUT2D eigenvalue weighted by Gasteiger charge is -2.21. The van der Waals surface area contributed by atoms with Crippen LogP contribution in [0.2, 0.25) is 0 Å². The molecule has 0 aromatic rings. The van der Waals surface area contributed by atoms with Crippen molar-refractivity contribution in [3.05, 3.63) is 11.4 Å². The molecule has 1 unspecified atom stereocenters. The smallest absolute Gasteiger partial charge is 0.303 e. The lowest BCUT2D eigenvalue weighted by Crippen LogP contribution is -2.37. The molecule has 1 atom stereocenters. The molecule has 0 saturated heterocycles. The first-order chi connectivity index (χ1) is 4.69. The van der Waals surface area contributed by atoms with E-state index in [9.17, 15) is 13.2 Å². The van der Waals surface area contributed by atoms with E-state index in [1.807, 2.05) is 0 Å². The zero-order chi connectivity index (χ0) is 9.28. The molecule has 0 fully saturated rings. The summed E-state index contributed by atoms with van der Waals surface area (Å²) in [5.74, 6) is 0. The van der Waals surface area contributed by atoms with Crippen molar-refractivity contribution in [3.63, 3.8) is 0 Å². The third-order valence-corrected chi connectivity index (χ3v) is 1.26. The van der Waals surface area contributed by atoms with Crippen molar-refractivity contribution < 1.29 is 13.2 Å². The molecular formula is C7H10F3N. The number of alkyl halides is 3. The van der Waals surface area contributed by atoms with Gasteiger partial charge in [-0.1, -0.05) is 20.8 Å². The van der Waals surface area contributed by atoms with Crippen LogP contribution in [0.25, 0.3) is 4.85 Å². The van der Waals surface area contributed by atoms with E-state index >= 15 is 0 Å². The summed E-state index contributed by atoms with van der Waals surface area (Å²) in [7, 11) is 0. The molecular weight excluding hydrogens is 155 g/mol. The molecule has 0 radical (unpaired) electrons. The van der Waals surface area contributed by atoms with Gasteiger partial charge in [0, 0.05) is 5.41 Å². The van der Waals surface area contributed by atoms with Crippen molar-refractivity contribution in [2.75, 3.05) is 0 Å². The van der Waals surface area contributed by atoms with Crippen molar-refractivity contribution in [2.45, 2.75) is 33.0 Å². The van der Waals surface area contributed by atoms with Gasteiger partial charge in [-0.3, -0.25) is 0 Å². The summed E-state index contributed by atoms with van der Waals surface area (Å²) >= 11 is 0. The number of rotatable bonds is 0. The maximum atomic E-state index is 12.0. The summed E-state index contributed by atoms with van der Waals surface area (Å²) in [5.41, 5.74) is -1.03. The Morgan fingerprint density at radius 3 is 1.55 bits per heavy atom. The van der Waals surface area contributed by atoms with Gasteiger partial charge in [-0.15, -0.1) is 0 Å². The summed E-state index contributed by atoms with van der Waals surface area (Å²) in [5, 5.41) is 0. The number of nitrogens with zero attached hydrogens (tertiary/aromatic N) is 1. The fraction of sp³-hybridized carbons (Fsp3) is 0.857. The van der Waals surface area contributed by atoms with Gasteiger partial charge < -0.3 is 4.85 Å². The SMILES string of the molecule is [C-]#[N+]C(C(C)(C)C)C(F)(F)F. The molecule has 0 rings (SSSR count). The van der Waals surface area contributed by atoms with E-state index in [4.69, 9.17) is 6.57 Å². The van der Waals surface area contributed by atoms with Crippen LogP contribution >= 0.6 is 0 Å². The second-order valence-corrected chi connectivity index (χ2v) is 3.44. The Bertz CT molecular complexity index is 156.